The zero-order valence-electron chi connectivity index (χ0n) is 6.55. The van der Waals surface area contributed by atoms with Gasteiger partial charge in [-0.3, -0.25) is 0 Å². The van der Waals surface area contributed by atoms with E-state index < -0.39 is 5.97 Å². The summed E-state index contributed by atoms with van der Waals surface area (Å²) in [5.41, 5.74) is 0. The van der Waals surface area contributed by atoms with Gasteiger partial charge in [0.05, 0.1) is 0 Å². The van der Waals surface area contributed by atoms with Gasteiger partial charge in [0.25, 0.3) is 0 Å². The molecule has 3 nitrogen and oxygen atoms in total. The van der Waals surface area contributed by atoms with Crippen molar-refractivity contribution in [3.05, 3.63) is 0 Å². The molecule has 0 bridgehead atoms. The molecule has 0 aliphatic rings. The van der Waals surface area contributed by atoms with Gasteiger partial charge in [0.2, 0.25) is 0 Å². The van der Waals surface area contributed by atoms with Crippen LogP contribution in [0.2, 0.25) is 0 Å². The van der Waals surface area contributed by atoms with Gasteiger partial charge in [0.1, 0.15) is 0 Å². The Bertz CT molecular complexity index is 119. The predicted octanol–water partition coefficient (Wildman–Crippen LogP) is -7.44. The van der Waals surface area contributed by atoms with Gasteiger partial charge in [-0.25, -0.2) is 0 Å². The van der Waals surface area contributed by atoms with Gasteiger partial charge in [-0.05, 0) is 0 Å². The summed E-state index contributed by atoms with van der Waals surface area (Å²) in [6.45, 7) is 0.255. The second kappa shape index (κ2) is 11.6. The SMILES string of the molecule is O=C([O-])CCNC(=S)[S-].[Na+].[Na+]. The number of carboxylic acids is 1. The van der Waals surface area contributed by atoms with Crippen molar-refractivity contribution in [1.29, 1.82) is 0 Å². The zero-order valence-corrected chi connectivity index (χ0v) is 12.2. The summed E-state index contributed by atoms with van der Waals surface area (Å²) in [5.74, 6) is -1.10. The summed E-state index contributed by atoms with van der Waals surface area (Å²) in [4.78, 5) is 9.75. The van der Waals surface area contributed by atoms with Crippen LogP contribution >= 0.6 is 12.2 Å². The van der Waals surface area contributed by atoms with Crippen LogP contribution in [0.3, 0.4) is 0 Å². The van der Waals surface area contributed by atoms with Crippen molar-refractivity contribution in [3.63, 3.8) is 0 Å². The molecule has 0 aromatic heterocycles. The van der Waals surface area contributed by atoms with E-state index >= 15 is 0 Å². The molecule has 0 fully saturated rings. The normalized spacial score (nSPS) is 6.91. The number of rotatable bonds is 3. The first kappa shape index (κ1) is 18.4. The number of thiocarbonyl (C=S) groups is 1. The van der Waals surface area contributed by atoms with Crippen LogP contribution in [0.5, 0.6) is 0 Å². The monoisotopic (exact) mass is 209 g/mol. The molecule has 0 aromatic carbocycles. The largest absolute Gasteiger partial charge is 1.00 e. The van der Waals surface area contributed by atoms with Crippen LogP contribution in [0.4, 0.5) is 0 Å². The molecule has 0 saturated carbocycles. The molecule has 1 N–H and O–H groups in total. The Kier molecular flexibility index (Phi) is 19.4. The molecule has 0 aliphatic heterocycles. The predicted molar refractivity (Wildman–Crippen MR) is 37.6 cm³/mol. The van der Waals surface area contributed by atoms with Gasteiger partial charge in [-0.2, -0.15) is 0 Å². The van der Waals surface area contributed by atoms with E-state index in [1.165, 1.54) is 0 Å². The maximum atomic E-state index is 9.75. The average Bonchev–Trinajstić information content (AvgIpc) is 1.63. The molecular weight excluding hydrogens is 204 g/mol. The fourth-order valence-corrected chi connectivity index (χ4v) is 0.471. The maximum absolute atomic E-state index is 9.75. The minimum absolute atomic E-state index is 0. The van der Waals surface area contributed by atoms with Crippen molar-refractivity contribution in [3.8, 4) is 0 Å². The molecule has 7 heteroatoms. The van der Waals surface area contributed by atoms with Gasteiger partial charge < -0.3 is 40.1 Å². The van der Waals surface area contributed by atoms with E-state index in [9.17, 15) is 9.90 Å². The van der Waals surface area contributed by atoms with Crippen LogP contribution < -0.4 is 69.5 Å². The smallest absolute Gasteiger partial charge is 0.550 e. The number of hydrogen-bond acceptors (Lipinski definition) is 4. The van der Waals surface area contributed by atoms with Gasteiger partial charge in [0, 0.05) is 18.9 Å². The van der Waals surface area contributed by atoms with Gasteiger partial charge in [0.15, 0.2) is 0 Å². The molecule has 0 unspecified atom stereocenters. The molecule has 0 atom stereocenters. The Morgan fingerprint density at radius 2 is 2.00 bits per heavy atom. The Labute approximate surface area is 121 Å². The van der Waals surface area contributed by atoms with E-state index in [2.05, 4.69) is 30.2 Å². The number of carboxylic acid groups (broad SMARTS) is 1. The van der Waals surface area contributed by atoms with E-state index in [1.54, 1.807) is 0 Å². The molecule has 0 saturated heterocycles. The quantitative estimate of drug-likeness (QED) is 0.284. The number of carbonyl (C=O) groups is 1. The standard InChI is InChI=1S/C4H7NO2S2.2Na/c6-3(7)1-2-5-4(8)9;;/h1-2H2,(H,6,7)(H2,5,8,9);;/q;2*+1/p-2. The molecular formula is C4H5NNa2O2S2. The van der Waals surface area contributed by atoms with Crippen LogP contribution in [0.25, 0.3) is 0 Å². The Balaban J connectivity index is -0.000000320. The van der Waals surface area contributed by atoms with E-state index in [0.717, 1.165) is 0 Å². The van der Waals surface area contributed by atoms with Crippen molar-refractivity contribution in [1.82, 2.24) is 5.32 Å². The molecule has 0 heterocycles. The number of hydrogen-bond donors (Lipinski definition) is 1. The van der Waals surface area contributed by atoms with E-state index in [-0.39, 0.29) is 76.4 Å². The van der Waals surface area contributed by atoms with E-state index in [0.29, 0.717) is 0 Å². The van der Waals surface area contributed by atoms with Crippen LogP contribution in [-0.4, -0.2) is 16.8 Å². The average molecular weight is 209 g/mol. The minimum atomic E-state index is -1.10. The molecule has 0 radical (unpaired) electrons. The number of aliphatic carboxylic acids is 1. The number of carbonyl (C=O) groups excluding carboxylic acids is 1. The summed E-state index contributed by atoms with van der Waals surface area (Å²) in [5, 5.41) is 12.3. The first-order chi connectivity index (χ1) is 4.13. The van der Waals surface area contributed by atoms with Crippen molar-refractivity contribution in [2.45, 2.75) is 6.42 Å². The Morgan fingerprint density at radius 1 is 1.55 bits per heavy atom. The summed E-state index contributed by atoms with van der Waals surface area (Å²) in [7, 11) is 0. The van der Waals surface area contributed by atoms with Crippen LogP contribution in [-0.2, 0) is 17.4 Å². The maximum Gasteiger partial charge on any atom is 1.00 e. The van der Waals surface area contributed by atoms with E-state index in [1.807, 2.05) is 0 Å². The molecule has 0 aromatic rings. The van der Waals surface area contributed by atoms with Crippen LogP contribution in [0, 0.1) is 0 Å². The van der Waals surface area contributed by atoms with Gasteiger partial charge in [-0.1, -0.05) is 4.32 Å². The molecule has 0 spiro atoms. The second-order valence-corrected chi connectivity index (χ2v) is 2.41. The van der Waals surface area contributed by atoms with Crippen LogP contribution in [0.15, 0.2) is 0 Å². The summed E-state index contributed by atoms with van der Waals surface area (Å²) in [6.07, 6.45) is -0.0588. The molecule has 0 aliphatic carbocycles. The summed E-state index contributed by atoms with van der Waals surface area (Å²) >= 11 is 8.88. The Morgan fingerprint density at radius 3 is 2.27 bits per heavy atom. The molecule has 52 valence electrons. The van der Waals surface area contributed by atoms with Crippen molar-refractivity contribution in [2.24, 2.45) is 0 Å². The van der Waals surface area contributed by atoms with E-state index in [4.69, 9.17) is 0 Å². The minimum Gasteiger partial charge on any atom is -0.550 e. The topological polar surface area (TPSA) is 52.2 Å². The summed E-state index contributed by atoms with van der Waals surface area (Å²) in [6, 6.07) is 0. The molecule has 0 rings (SSSR count). The fraction of sp³-hybridized carbons (Fsp3) is 0.500. The fourth-order valence-electron chi connectivity index (χ4n) is 0.267. The Hall–Kier alpha value is 1.58. The van der Waals surface area contributed by atoms with Gasteiger partial charge in [-0.15, -0.1) is 0 Å². The van der Waals surface area contributed by atoms with Gasteiger partial charge >= 0.3 is 59.1 Å². The second-order valence-electron chi connectivity index (χ2n) is 1.34. The van der Waals surface area contributed by atoms with Crippen molar-refractivity contribution < 1.29 is 69.0 Å². The molecule has 0 amide bonds. The third kappa shape index (κ3) is 18.5. The third-order valence-electron chi connectivity index (χ3n) is 0.598. The molecule has 11 heavy (non-hydrogen) atoms. The third-order valence-corrected chi connectivity index (χ3v) is 0.887. The first-order valence-electron chi connectivity index (χ1n) is 2.27. The number of nitrogens with one attached hydrogen (secondary N) is 1. The van der Waals surface area contributed by atoms with Crippen molar-refractivity contribution in [2.75, 3.05) is 6.54 Å². The zero-order chi connectivity index (χ0) is 7.28. The van der Waals surface area contributed by atoms with Crippen LogP contribution in [0.1, 0.15) is 6.42 Å². The first-order valence-corrected chi connectivity index (χ1v) is 3.09. The summed E-state index contributed by atoms with van der Waals surface area (Å²) < 4.78 is 0.191. The van der Waals surface area contributed by atoms with Crippen molar-refractivity contribution >= 4 is 35.1 Å².